The molecule has 0 aliphatic heterocycles. The average molecular weight is 250 g/mol. The van der Waals surface area contributed by atoms with Crippen molar-refractivity contribution < 1.29 is 4.74 Å². The molecule has 0 amide bonds. The molecule has 5 heteroatoms. The Labute approximate surface area is 108 Å². The number of hydrogen-bond acceptors (Lipinski definition) is 4. The van der Waals surface area contributed by atoms with Crippen LogP contribution < -0.4 is 5.73 Å². The predicted molar refractivity (Wildman–Crippen MR) is 72.7 cm³/mol. The molecule has 0 aliphatic rings. The highest BCUT2D eigenvalue weighted by Crippen LogP contribution is 2.04. The molecule has 0 aliphatic carbocycles. The zero-order valence-electron chi connectivity index (χ0n) is 11.1. The minimum absolute atomic E-state index is 0.217. The number of hydrogen-bond donors (Lipinski definition) is 2. The molecule has 1 aromatic rings. The minimum Gasteiger partial charge on any atom is -0.388 e. The van der Waals surface area contributed by atoms with Crippen LogP contribution in [0.3, 0.4) is 0 Å². The largest absolute Gasteiger partial charge is 0.388 e. The first kappa shape index (κ1) is 14.6. The van der Waals surface area contributed by atoms with Crippen LogP contribution in [0.15, 0.2) is 18.2 Å². The van der Waals surface area contributed by atoms with Crippen LogP contribution in [0, 0.1) is 12.3 Å². The van der Waals surface area contributed by atoms with Crippen LogP contribution >= 0.6 is 0 Å². The minimum atomic E-state index is 0.217. The number of pyridine rings is 1. The van der Waals surface area contributed by atoms with E-state index in [0.717, 1.165) is 31.0 Å². The molecule has 0 atom stereocenters. The van der Waals surface area contributed by atoms with Gasteiger partial charge < -0.3 is 10.5 Å². The van der Waals surface area contributed by atoms with E-state index in [1.807, 2.05) is 25.1 Å². The van der Waals surface area contributed by atoms with Gasteiger partial charge in [-0.1, -0.05) is 6.07 Å². The summed E-state index contributed by atoms with van der Waals surface area (Å²) >= 11 is 0. The third-order valence-corrected chi connectivity index (χ3v) is 2.64. The quantitative estimate of drug-likeness (QED) is 0.536. The number of amidine groups is 1. The number of aryl methyl sites for hydroxylation is 1. The molecule has 0 fully saturated rings. The van der Waals surface area contributed by atoms with E-state index >= 15 is 0 Å². The molecule has 0 bridgehead atoms. The Bertz CT molecular complexity index is 381. The van der Waals surface area contributed by atoms with Crippen molar-refractivity contribution in [1.82, 2.24) is 9.88 Å². The van der Waals surface area contributed by atoms with Crippen molar-refractivity contribution in [1.29, 1.82) is 5.41 Å². The zero-order chi connectivity index (χ0) is 13.4. The fourth-order valence-electron chi connectivity index (χ4n) is 1.69. The van der Waals surface area contributed by atoms with Crippen molar-refractivity contribution in [3.05, 3.63) is 29.6 Å². The van der Waals surface area contributed by atoms with Crippen molar-refractivity contribution in [3.63, 3.8) is 0 Å². The van der Waals surface area contributed by atoms with Crippen molar-refractivity contribution in [2.75, 3.05) is 26.8 Å². The molecule has 0 spiro atoms. The predicted octanol–water partition coefficient (Wildman–Crippen LogP) is 1.16. The summed E-state index contributed by atoms with van der Waals surface area (Å²) in [5, 5.41) is 7.28. The molecular formula is C13H22N4O. The van der Waals surface area contributed by atoms with E-state index in [-0.39, 0.29) is 5.84 Å². The fraction of sp³-hybridized carbons (Fsp3) is 0.538. The van der Waals surface area contributed by atoms with E-state index in [0.29, 0.717) is 13.0 Å². The summed E-state index contributed by atoms with van der Waals surface area (Å²) in [6.45, 7) is 4.99. The third kappa shape index (κ3) is 5.75. The summed E-state index contributed by atoms with van der Waals surface area (Å²) < 4.78 is 5.09. The van der Waals surface area contributed by atoms with E-state index < -0.39 is 0 Å². The van der Waals surface area contributed by atoms with Gasteiger partial charge >= 0.3 is 0 Å². The molecule has 1 rings (SSSR count). The molecule has 1 heterocycles. The van der Waals surface area contributed by atoms with E-state index in [4.69, 9.17) is 15.9 Å². The number of rotatable bonds is 8. The van der Waals surface area contributed by atoms with Gasteiger partial charge in [0.1, 0.15) is 0 Å². The van der Waals surface area contributed by atoms with Gasteiger partial charge in [0, 0.05) is 38.9 Å². The molecule has 100 valence electrons. The van der Waals surface area contributed by atoms with Gasteiger partial charge in [-0.25, -0.2) is 0 Å². The molecule has 0 saturated heterocycles. The first-order valence-electron chi connectivity index (χ1n) is 6.08. The Balaban J connectivity index is 2.56. The van der Waals surface area contributed by atoms with Gasteiger partial charge in [0.05, 0.1) is 18.1 Å². The van der Waals surface area contributed by atoms with Crippen molar-refractivity contribution in [2.45, 2.75) is 19.9 Å². The van der Waals surface area contributed by atoms with Crippen molar-refractivity contribution in [3.8, 4) is 0 Å². The maximum absolute atomic E-state index is 7.28. The molecule has 1 aromatic heterocycles. The summed E-state index contributed by atoms with van der Waals surface area (Å²) in [6, 6.07) is 6.01. The maximum atomic E-state index is 7.28. The van der Waals surface area contributed by atoms with E-state index in [1.165, 1.54) is 0 Å². The molecule has 0 aromatic carbocycles. The van der Waals surface area contributed by atoms with E-state index in [2.05, 4.69) is 9.88 Å². The Hall–Kier alpha value is -1.46. The average Bonchev–Trinajstić information content (AvgIpc) is 2.32. The summed E-state index contributed by atoms with van der Waals surface area (Å²) in [6.07, 6.45) is 0.579. The number of aromatic nitrogens is 1. The maximum Gasteiger partial charge on any atom is 0.0918 e. The molecule has 0 unspecified atom stereocenters. The molecule has 0 saturated carbocycles. The second-order valence-electron chi connectivity index (χ2n) is 4.31. The summed E-state index contributed by atoms with van der Waals surface area (Å²) in [5.74, 6) is 0.217. The van der Waals surface area contributed by atoms with Gasteiger partial charge in [0.15, 0.2) is 0 Å². The summed E-state index contributed by atoms with van der Waals surface area (Å²) in [5.41, 5.74) is 7.45. The molecular weight excluding hydrogens is 228 g/mol. The SMILES string of the molecule is COCCN(CCC(=N)N)Cc1cccc(C)n1. The van der Waals surface area contributed by atoms with E-state index in [1.54, 1.807) is 7.11 Å². The number of ether oxygens (including phenoxy) is 1. The Kier molecular flexibility index (Phi) is 6.32. The Morgan fingerprint density at radius 1 is 1.44 bits per heavy atom. The molecule has 3 N–H and O–H groups in total. The molecule has 18 heavy (non-hydrogen) atoms. The summed E-state index contributed by atoms with van der Waals surface area (Å²) in [7, 11) is 1.69. The monoisotopic (exact) mass is 250 g/mol. The fourth-order valence-corrected chi connectivity index (χ4v) is 1.69. The normalized spacial score (nSPS) is 10.8. The lowest BCUT2D eigenvalue weighted by Gasteiger charge is -2.21. The molecule has 5 nitrogen and oxygen atoms in total. The lowest BCUT2D eigenvalue weighted by Crippen LogP contribution is -2.31. The van der Waals surface area contributed by atoms with Gasteiger partial charge in [-0.2, -0.15) is 0 Å². The lowest BCUT2D eigenvalue weighted by molar-refractivity contribution is 0.145. The molecule has 0 radical (unpaired) electrons. The topological polar surface area (TPSA) is 75.2 Å². The van der Waals surface area contributed by atoms with Crippen LogP contribution in [-0.2, 0) is 11.3 Å². The van der Waals surface area contributed by atoms with Crippen LogP contribution in [0.5, 0.6) is 0 Å². The smallest absolute Gasteiger partial charge is 0.0918 e. The highest BCUT2D eigenvalue weighted by molar-refractivity contribution is 5.76. The highest BCUT2D eigenvalue weighted by Gasteiger charge is 2.07. The highest BCUT2D eigenvalue weighted by atomic mass is 16.5. The number of nitrogens with zero attached hydrogens (tertiary/aromatic N) is 2. The Morgan fingerprint density at radius 3 is 2.83 bits per heavy atom. The van der Waals surface area contributed by atoms with Crippen LogP contribution in [-0.4, -0.2) is 42.5 Å². The van der Waals surface area contributed by atoms with Crippen molar-refractivity contribution in [2.24, 2.45) is 5.73 Å². The lowest BCUT2D eigenvalue weighted by atomic mass is 10.2. The van der Waals surface area contributed by atoms with Gasteiger partial charge in [-0.15, -0.1) is 0 Å². The van der Waals surface area contributed by atoms with Crippen LogP contribution in [0.25, 0.3) is 0 Å². The second kappa shape index (κ2) is 7.79. The van der Waals surface area contributed by atoms with Gasteiger partial charge in [0.25, 0.3) is 0 Å². The second-order valence-corrected chi connectivity index (χ2v) is 4.31. The number of methoxy groups -OCH3 is 1. The standard InChI is InChI=1S/C13H22N4O/c1-11-4-3-5-12(16-11)10-17(8-9-18-2)7-6-13(14)15/h3-5H,6-10H2,1-2H3,(H3,14,15). The zero-order valence-corrected chi connectivity index (χ0v) is 11.1. The van der Waals surface area contributed by atoms with Crippen LogP contribution in [0.4, 0.5) is 0 Å². The number of nitrogens with two attached hydrogens (primary N) is 1. The van der Waals surface area contributed by atoms with Gasteiger partial charge in [-0.05, 0) is 19.1 Å². The van der Waals surface area contributed by atoms with Gasteiger partial charge in [0.2, 0.25) is 0 Å². The number of nitrogens with one attached hydrogen (secondary N) is 1. The van der Waals surface area contributed by atoms with Crippen LogP contribution in [0.2, 0.25) is 0 Å². The first-order valence-corrected chi connectivity index (χ1v) is 6.08. The third-order valence-electron chi connectivity index (χ3n) is 2.64. The summed E-state index contributed by atoms with van der Waals surface area (Å²) in [4.78, 5) is 6.68. The Morgan fingerprint density at radius 2 is 2.22 bits per heavy atom. The van der Waals surface area contributed by atoms with Crippen molar-refractivity contribution >= 4 is 5.84 Å². The van der Waals surface area contributed by atoms with Gasteiger partial charge in [-0.3, -0.25) is 15.3 Å². The first-order chi connectivity index (χ1) is 8.61. The van der Waals surface area contributed by atoms with E-state index in [9.17, 15) is 0 Å². The van der Waals surface area contributed by atoms with Crippen LogP contribution in [0.1, 0.15) is 17.8 Å².